The Kier molecular flexibility index (Phi) is 11.6. The molecule has 0 spiro atoms. The second kappa shape index (κ2) is 16.2. The lowest BCUT2D eigenvalue weighted by Gasteiger charge is -2.31. The maximum Gasteiger partial charge on any atom is 0.261 e. The molecule has 5 aromatic carbocycles. The summed E-state index contributed by atoms with van der Waals surface area (Å²) in [5.74, 6) is -1.70. The number of sulfonamides is 1. The molecule has 0 aliphatic carbocycles. The van der Waals surface area contributed by atoms with Gasteiger partial charge in [0.15, 0.2) is 6.61 Å². The SMILES string of the molecule is O=C(NCc1ccccc1Cl)[C@H](Cc1ccccc1)N(Cc1ccc(F)cc1)C(=O)COc1ccc(S(=O)(=O)Nc2ccc(F)cc2)cc1. The van der Waals surface area contributed by atoms with E-state index in [1.165, 1.54) is 65.6 Å². The van der Waals surface area contributed by atoms with Crippen LogP contribution >= 0.6 is 11.6 Å². The largest absolute Gasteiger partial charge is 0.484 e. The number of halogens is 3. The molecule has 8 nitrogen and oxygen atoms in total. The van der Waals surface area contributed by atoms with Crippen molar-refractivity contribution in [3.63, 3.8) is 0 Å². The van der Waals surface area contributed by atoms with E-state index in [9.17, 15) is 26.8 Å². The number of amides is 2. The van der Waals surface area contributed by atoms with Gasteiger partial charge < -0.3 is 15.0 Å². The fourth-order valence-electron chi connectivity index (χ4n) is 4.96. The Morgan fingerprint density at radius 3 is 2.02 bits per heavy atom. The number of carbonyl (C=O) groups is 2. The number of ether oxygens (including phenoxy) is 1. The molecule has 0 heterocycles. The van der Waals surface area contributed by atoms with E-state index >= 15 is 0 Å². The Bertz CT molecular complexity index is 1980. The summed E-state index contributed by atoms with van der Waals surface area (Å²) in [6.07, 6.45) is 0.176. The van der Waals surface area contributed by atoms with E-state index in [1.54, 1.807) is 24.3 Å². The first kappa shape index (κ1) is 35.1. The van der Waals surface area contributed by atoms with Gasteiger partial charge in [0, 0.05) is 30.2 Å². The van der Waals surface area contributed by atoms with Crippen LogP contribution in [-0.4, -0.2) is 37.8 Å². The van der Waals surface area contributed by atoms with Crippen LogP contribution in [0.3, 0.4) is 0 Å². The van der Waals surface area contributed by atoms with E-state index < -0.39 is 46.1 Å². The molecule has 0 unspecified atom stereocenters. The van der Waals surface area contributed by atoms with Gasteiger partial charge in [-0.25, -0.2) is 17.2 Å². The van der Waals surface area contributed by atoms with Crippen LogP contribution < -0.4 is 14.8 Å². The van der Waals surface area contributed by atoms with Crippen molar-refractivity contribution in [2.45, 2.75) is 30.4 Å². The van der Waals surface area contributed by atoms with E-state index in [2.05, 4.69) is 10.0 Å². The summed E-state index contributed by atoms with van der Waals surface area (Å²) in [5.41, 5.74) is 2.29. The Hall–Kier alpha value is -5.26. The third kappa shape index (κ3) is 9.88. The van der Waals surface area contributed by atoms with Crippen LogP contribution in [0.15, 0.2) is 132 Å². The zero-order chi connectivity index (χ0) is 34.8. The Morgan fingerprint density at radius 2 is 1.37 bits per heavy atom. The smallest absolute Gasteiger partial charge is 0.261 e. The van der Waals surface area contributed by atoms with Gasteiger partial charge in [-0.1, -0.05) is 72.3 Å². The quantitative estimate of drug-likeness (QED) is 0.133. The molecule has 0 aliphatic heterocycles. The van der Waals surface area contributed by atoms with Gasteiger partial charge in [0.25, 0.3) is 15.9 Å². The molecule has 5 rings (SSSR count). The van der Waals surface area contributed by atoms with Gasteiger partial charge >= 0.3 is 0 Å². The first-order valence-electron chi connectivity index (χ1n) is 15.2. The molecule has 0 saturated carbocycles. The zero-order valence-corrected chi connectivity index (χ0v) is 27.6. The molecular weight excluding hydrogens is 672 g/mol. The van der Waals surface area contributed by atoms with Crippen LogP contribution in [0.2, 0.25) is 5.02 Å². The van der Waals surface area contributed by atoms with E-state index in [1.807, 2.05) is 30.3 Å². The lowest BCUT2D eigenvalue weighted by Crippen LogP contribution is -2.51. The van der Waals surface area contributed by atoms with E-state index in [0.717, 1.165) is 17.7 Å². The number of hydrogen-bond donors (Lipinski definition) is 2. The van der Waals surface area contributed by atoms with Gasteiger partial charge in [-0.05, 0) is 83.4 Å². The minimum atomic E-state index is -3.99. The molecule has 0 fully saturated rings. The van der Waals surface area contributed by atoms with Crippen LogP contribution in [0.25, 0.3) is 0 Å². The van der Waals surface area contributed by atoms with Crippen molar-refractivity contribution in [2.24, 2.45) is 0 Å². The summed E-state index contributed by atoms with van der Waals surface area (Å²) >= 11 is 6.31. The normalized spacial score (nSPS) is 11.7. The summed E-state index contributed by atoms with van der Waals surface area (Å²) in [6, 6.07) is 31.3. The molecule has 2 N–H and O–H groups in total. The molecule has 0 aliphatic rings. The molecule has 5 aromatic rings. The second-order valence-corrected chi connectivity index (χ2v) is 13.1. The predicted molar refractivity (Wildman–Crippen MR) is 183 cm³/mol. The third-order valence-corrected chi connectivity index (χ3v) is 9.31. The van der Waals surface area contributed by atoms with Crippen LogP contribution in [0.4, 0.5) is 14.5 Å². The maximum atomic E-state index is 13.9. The Labute approximate surface area is 288 Å². The van der Waals surface area contributed by atoms with Crippen molar-refractivity contribution in [3.8, 4) is 5.75 Å². The molecule has 49 heavy (non-hydrogen) atoms. The predicted octanol–water partition coefficient (Wildman–Crippen LogP) is 6.75. The Morgan fingerprint density at radius 1 is 0.755 bits per heavy atom. The molecule has 2 amide bonds. The lowest BCUT2D eigenvalue weighted by molar-refractivity contribution is -0.142. The summed E-state index contributed by atoms with van der Waals surface area (Å²) in [4.78, 5) is 29.0. The molecule has 0 radical (unpaired) electrons. The fraction of sp³-hybridized carbons (Fsp3) is 0.135. The van der Waals surface area contributed by atoms with Gasteiger partial charge in [0.1, 0.15) is 23.4 Å². The molecule has 0 saturated heterocycles. The van der Waals surface area contributed by atoms with Gasteiger partial charge in [-0.15, -0.1) is 0 Å². The average Bonchev–Trinajstić information content (AvgIpc) is 3.10. The molecule has 0 bridgehead atoms. The summed E-state index contributed by atoms with van der Waals surface area (Å²) in [6.45, 7) is -0.375. The van der Waals surface area contributed by atoms with E-state index in [4.69, 9.17) is 16.3 Å². The van der Waals surface area contributed by atoms with Crippen molar-refractivity contribution in [1.82, 2.24) is 10.2 Å². The van der Waals surface area contributed by atoms with E-state index in [0.29, 0.717) is 16.1 Å². The van der Waals surface area contributed by atoms with Crippen molar-refractivity contribution in [2.75, 3.05) is 11.3 Å². The molecule has 252 valence electrons. The minimum absolute atomic E-state index is 0.0221. The third-order valence-electron chi connectivity index (χ3n) is 7.54. The first-order chi connectivity index (χ1) is 23.6. The number of hydrogen-bond acceptors (Lipinski definition) is 5. The van der Waals surface area contributed by atoms with Gasteiger partial charge in [0.05, 0.1) is 4.90 Å². The summed E-state index contributed by atoms with van der Waals surface area (Å²) in [5, 5.41) is 3.39. The van der Waals surface area contributed by atoms with Crippen molar-refractivity contribution >= 4 is 39.1 Å². The summed E-state index contributed by atoms with van der Waals surface area (Å²) < 4.78 is 60.8. The molecular formula is C37H32ClF2N3O5S. The first-order valence-corrected chi connectivity index (χ1v) is 17.0. The van der Waals surface area contributed by atoms with Gasteiger partial charge in [-0.3, -0.25) is 14.3 Å². The molecule has 1 atom stereocenters. The number of anilines is 1. The molecule has 0 aromatic heterocycles. The highest BCUT2D eigenvalue weighted by Gasteiger charge is 2.31. The Balaban J connectivity index is 1.35. The van der Waals surface area contributed by atoms with Crippen LogP contribution in [-0.2, 0) is 39.1 Å². The highest BCUT2D eigenvalue weighted by molar-refractivity contribution is 7.92. The molecule has 12 heteroatoms. The second-order valence-electron chi connectivity index (χ2n) is 11.0. The van der Waals surface area contributed by atoms with Crippen LogP contribution in [0, 0.1) is 11.6 Å². The standard InChI is InChI=1S/C37H32ClF2N3O5S/c38-34-9-5-4-8-28(34)23-41-37(45)35(22-26-6-2-1-3-7-26)43(24-27-10-12-29(39)13-11-27)36(44)25-48-32-18-20-33(21-19-32)49(46,47)42-31-16-14-30(40)15-17-31/h1-21,35,42H,22-25H2,(H,41,45)/t35-/m0/s1. The lowest BCUT2D eigenvalue weighted by atomic mass is 10.0. The minimum Gasteiger partial charge on any atom is -0.484 e. The van der Waals surface area contributed by atoms with Crippen LogP contribution in [0.1, 0.15) is 16.7 Å². The van der Waals surface area contributed by atoms with Crippen molar-refractivity contribution in [3.05, 3.63) is 161 Å². The van der Waals surface area contributed by atoms with Crippen molar-refractivity contribution < 1.29 is 31.5 Å². The number of nitrogens with zero attached hydrogens (tertiary/aromatic N) is 1. The fourth-order valence-corrected chi connectivity index (χ4v) is 6.22. The van der Waals surface area contributed by atoms with Gasteiger partial charge in [0.2, 0.25) is 5.91 Å². The number of benzene rings is 5. The zero-order valence-electron chi connectivity index (χ0n) is 26.1. The summed E-state index contributed by atoms with van der Waals surface area (Å²) in [7, 11) is -3.99. The monoisotopic (exact) mass is 703 g/mol. The van der Waals surface area contributed by atoms with Gasteiger partial charge in [-0.2, -0.15) is 0 Å². The number of rotatable bonds is 14. The number of carbonyl (C=O) groups excluding carboxylic acids is 2. The van der Waals surface area contributed by atoms with Crippen molar-refractivity contribution in [1.29, 1.82) is 0 Å². The maximum absolute atomic E-state index is 13.9. The number of nitrogens with one attached hydrogen (secondary N) is 2. The highest BCUT2D eigenvalue weighted by atomic mass is 35.5. The average molecular weight is 704 g/mol. The van der Waals surface area contributed by atoms with Crippen LogP contribution in [0.5, 0.6) is 5.75 Å². The highest BCUT2D eigenvalue weighted by Crippen LogP contribution is 2.21. The topological polar surface area (TPSA) is 105 Å². The van der Waals surface area contributed by atoms with E-state index in [-0.39, 0.29) is 35.8 Å².